The number of anilines is 1. The van der Waals surface area contributed by atoms with Gasteiger partial charge >= 0.3 is 0 Å². The van der Waals surface area contributed by atoms with E-state index in [1.54, 1.807) is 11.8 Å². The van der Waals surface area contributed by atoms with Crippen LogP contribution in [0, 0.1) is 5.82 Å². The Balaban J connectivity index is 2.88. The third kappa shape index (κ3) is 3.49. The molecule has 0 fully saturated rings. The van der Waals surface area contributed by atoms with Crippen molar-refractivity contribution in [3.8, 4) is 0 Å². The van der Waals surface area contributed by atoms with Crippen LogP contribution in [0.5, 0.6) is 0 Å². The largest absolute Gasteiger partial charge is 0.392 e. The van der Waals surface area contributed by atoms with Crippen LogP contribution in [0.4, 0.5) is 10.1 Å². The molecule has 0 saturated heterocycles. The minimum atomic E-state index is -0.445. The van der Waals surface area contributed by atoms with Crippen molar-refractivity contribution >= 4 is 5.69 Å². The Morgan fingerprint density at radius 2 is 2.13 bits per heavy atom. The molecule has 0 bridgehead atoms. The molecule has 1 rings (SSSR count). The molecular weight excluding hydrogens is 195 g/mol. The summed E-state index contributed by atoms with van der Waals surface area (Å²) in [5, 5.41) is 9.22. The van der Waals surface area contributed by atoms with E-state index in [0.717, 1.165) is 11.3 Å². The monoisotopic (exact) mass is 212 g/mol. The normalized spacial score (nSPS) is 12.6. The molecule has 3 N–H and O–H groups in total. The molecule has 1 unspecified atom stereocenters. The van der Waals surface area contributed by atoms with Crippen LogP contribution in [0.1, 0.15) is 12.5 Å². The van der Waals surface area contributed by atoms with Crippen LogP contribution in [0.3, 0.4) is 0 Å². The molecule has 84 valence electrons. The van der Waals surface area contributed by atoms with E-state index >= 15 is 0 Å². The minimum Gasteiger partial charge on any atom is -0.392 e. The van der Waals surface area contributed by atoms with Gasteiger partial charge in [0.05, 0.1) is 6.10 Å². The lowest BCUT2D eigenvalue weighted by atomic mass is 10.2. The van der Waals surface area contributed by atoms with E-state index in [4.69, 9.17) is 5.73 Å². The van der Waals surface area contributed by atoms with Crippen molar-refractivity contribution in [2.24, 2.45) is 5.73 Å². The quantitative estimate of drug-likeness (QED) is 0.785. The first-order chi connectivity index (χ1) is 7.02. The third-order valence-electron chi connectivity index (χ3n) is 2.16. The molecule has 15 heavy (non-hydrogen) atoms. The van der Waals surface area contributed by atoms with Gasteiger partial charge in [0.15, 0.2) is 0 Å². The van der Waals surface area contributed by atoms with Gasteiger partial charge in [0, 0.05) is 25.8 Å². The molecule has 1 aromatic carbocycles. The molecule has 0 radical (unpaired) electrons. The number of likely N-dealkylation sites (N-methyl/N-ethyl adjacent to an activating group) is 1. The van der Waals surface area contributed by atoms with Crippen molar-refractivity contribution in [3.63, 3.8) is 0 Å². The van der Waals surface area contributed by atoms with E-state index in [0.29, 0.717) is 13.1 Å². The molecule has 4 heteroatoms. The Kier molecular flexibility index (Phi) is 4.05. The molecule has 0 heterocycles. The van der Waals surface area contributed by atoms with Crippen molar-refractivity contribution in [1.82, 2.24) is 0 Å². The number of rotatable bonds is 4. The average Bonchev–Trinajstić information content (AvgIpc) is 2.15. The van der Waals surface area contributed by atoms with Gasteiger partial charge in [-0.15, -0.1) is 0 Å². The van der Waals surface area contributed by atoms with Crippen LogP contribution >= 0.6 is 0 Å². The summed E-state index contributed by atoms with van der Waals surface area (Å²) < 4.78 is 13.2. The van der Waals surface area contributed by atoms with E-state index in [1.807, 2.05) is 13.1 Å². The minimum absolute atomic E-state index is 0.301. The highest BCUT2D eigenvalue weighted by Gasteiger charge is 2.06. The highest BCUT2D eigenvalue weighted by Crippen LogP contribution is 2.17. The maximum Gasteiger partial charge on any atom is 0.125 e. The van der Waals surface area contributed by atoms with E-state index in [1.165, 1.54) is 12.1 Å². The number of nitrogens with zero attached hydrogens (tertiary/aromatic N) is 1. The number of nitrogens with two attached hydrogens (primary N) is 1. The Morgan fingerprint density at radius 1 is 1.47 bits per heavy atom. The number of hydrogen-bond donors (Lipinski definition) is 2. The zero-order chi connectivity index (χ0) is 11.4. The maximum atomic E-state index is 13.2. The molecule has 0 aliphatic heterocycles. The number of benzene rings is 1. The van der Waals surface area contributed by atoms with Crippen molar-refractivity contribution in [1.29, 1.82) is 0 Å². The summed E-state index contributed by atoms with van der Waals surface area (Å²) in [5.74, 6) is -0.301. The van der Waals surface area contributed by atoms with E-state index in [9.17, 15) is 9.50 Å². The summed E-state index contributed by atoms with van der Waals surface area (Å²) in [6.45, 7) is 2.47. The highest BCUT2D eigenvalue weighted by atomic mass is 19.1. The van der Waals surface area contributed by atoms with Gasteiger partial charge in [0.1, 0.15) is 5.82 Å². The standard InChI is InChI=1S/C11H17FN2O/c1-8(15)7-14(2)11-4-9(6-13)3-10(12)5-11/h3-5,8,15H,6-7,13H2,1-2H3. The first-order valence-electron chi connectivity index (χ1n) is 4.91. The van der Waals surface area contributed by atoms with Gasteiger partial charge in [-0.25, -0.2) is 4.39 Å². The lowest BCUT2D eigenvalue weighted by molar-refractivity contribution is 0.201. The Bertz CT molecular complexity index is 328. The second-order valence-electron chi connectivity index (χ2n) is 3.75. The second kappa shape index (κ2) is 5.09. The molecule has 3 nitrogen and oxygen atoms in total. The predicted molar refractivity (Wildman–Crippen MR) is 59.2 cm³/mol. The fourth-order valence-corrected chi connectivity index (χ4v) is 1.47. The van der Waals surface area contributed by atoms with Crippen LogP contribution in [-0.4, -0.2) is 24.8 Å². The summed E-state index contributed by atoms with van der Waals surface area (Å²) in [6.07, 6.45) is -0.445. The van der Waals surface area contributed by atoms with Gasteiger partial charge in [-0.3, -0.25) is 0 Å². The van der Waals surface area contributed by atoms with Gasteiger partial charge in [-0.2, -0.15) is 0 Å². The van der Waals surface area contributed by atoms with Gasteiger partial charge in [0.25, 0.3) is 0 Å². The van der Waals surface area contributed by atoms with Crippen molar-refractivity contribution in [2.45, 2.75) is 19.6 Å². The van der Waals surface area contributed by atoms with Crippen LogP contribution in [0.15, 0.2) is 18.2 Å². The Morgan fingerprint density at radius 3 is 2.67 bits per heavy atom. The smallest absolute Gasteiger partial charge is 0.125 e. The predicted octanol–water partition coefficient (Wildman–Crippen LogP) is 1.10. The van der Waals surface area contributed by atoms with Crippen molar-refractivity contribution < 1.29 is 9.50 Å². The van der Waals surface area contributed by atoms with Crippen LogP contribution in [0.25, 0.3) is 0 Å². The number of aliphatic hydroxyl groups is 1. The van der Waals surface area contributed by atoms with E-state index in [-0.39, 0.29) is 5.82 Å². The summed E-state index contributed by atoms with van der Waals surface area (Å²) in [7, 11) is 1.81. The molecular formula is C11H17FN2O. The van der Waals surface area contributed by atoms with Crippen LogP contribution in [0.2, 0.25) is 0 Å². The Labute approximate surface area is 89.3 Å². The van der Waals surface area contributed by atoms with Gasteiger partial charge in [0.2, 0.25) is 0 Å². The summed E-state index contributed by atoms with van der Waals surface area (Å²) in [5.41, 5.74) is 6.94. The third-order valence-corrected chi connectivity index (χ3v) is 2.16. The number of hydrogen-bond acceptors (Lipinski definition) is 3. The molecule has 1 aromatic rings. The second-order valence-corrected chi connectivity index (χ2v) is 3.75. The lowest BCUT2D eigenvalue weighted by Crippen LogP contribution is -2.27. The summed E-state index contributed by atoms with van der Waals surface area (Å²) in [4.78, 5) is 1.80. The zero-order valence-corrected chi connectivity index (χ0v) is 9.07. The lowest BCUT2D eigenvalue weighted by Gasteiger charge is -2.21. The van der Waals surface area contributed by atoms with Gasteiger partial charge in [-0.1, -0.05) is 0 Å². The zero-order valence-electron chi connectivity index (χ0n) is 9.07. The first-order valence-corrected chi connectivity index (χ1v) is 4.91. The SMILES string of the molecule is CC(O)CN(C)c1cc(F)cc(CN)c1. The first kappa shape index (κ1) is 11.9. The number of aliphatic hydroxyl groups excluding tert-OH is 1. The molecule has 0 amide bonds. The molecule has 1 atom stereocenters. The molecule has 0 spiro atoms. The van der Waals surface area contributed by atoms with E-state index in [2.05, 4.69) is 0 Å². The molecule has 0 aliphatic carbocycles. The van der Waals surface area contributed by atoms with Gasteiger partial charge in [-0.05, 0) is 30.7 Å². The molecule has 0 aromatic heterocycles. The summed E-state index contributed by atoms with van der Waals surface area (Å²) in [6, 6.07) is 4.67. The van der Waals surface area contributed by atoms with Crippen molar-refractivity contribution in [2.75, 3.05) is 18.5 Å². The summed E-state index contributed by atoms with van der Waals surface area (Å²) >= 11 is 0. The fraction of sp³-hybridized carbons (Fsp3) is 0.455. The highest BCUT2D eigenvalue weighted by molar-refractivity contribution is 5.48. The number of halogens is 1. The molecule has 0 saturated carbocycles. The Hall–Kier alpha value is -1.13. The van der Waals surface area contributed by atoms with Crippen LogP contribution in [-0.2, 0) is 6.54 Å². The van der Waals surface area contributed by atoms with Crippen molar-refractivity contribution in [3.05, 3.63) is 29.6 Å². The fourth-order valence-electron chi connectivity index (χ4n) is 1.47. The average molecular weight is 212 g/mol. The van der Waals surface area contributed by atoms with Gasteiger partial charge < -0.3 is 15.7 Å². The topological polar surface area (TPSA) is 49.5 Å². The van der Waals surface area contributed by atoms with E-state index < -0.39 is 6.10 Å². The van der Waals surface area contributed by atoms with Crippen LogP contribution < -0.4 is 10.6 Å². The molecule has 0 aliphatic rings. The maximum absolute atomic E-state index is 13.2.